The fourth-order valence-electron chi connectivity index (χ4n) is 3.13. The average molecular weight is 398 g/mol. The summed E-state index contributed by atoms with van der Waals surface area (Å²) in [6.45, 7) is 0.346. The number of aromatic nitrogens is 2. The molecule has 0 saturated heterocycles. The molecule has 0 radical (unpaired) electrons. The van der Waals surface area contributed by atoms with Crippen molar-refractivity contribution >= 4 is 29.0 Å². The highest BCUT2D eigenvalue weighted by atomic mass is 16.6. The highest BCUT2D eigenvalue weighted by Gasteiger charge is 2.16. The second-order valence-electron chi connectivity index (χ2n) is 6.62. The van der Waals surface area contributed by atoms with E-state index in [1.165, 1.54) is 18.2 Å². The summed E-state index contributed by atoms with van der Waals surface area (Å²) in [4.78, 5) is 29.4. The number of fused-ring (bicyclic) bond motifs is 1. The quantitative estimate of drug-likeness (QED) is 0.272. The van der Waals surface area contributed by atoms with E-state index < -0.39 is 4.92 Å². The predicted molar refractivity (Wildman–Crippen MR) is 115 cm³/mol. The summed E-state index contributed by atoms with van der Waals surface area (Å²) in [5, 5.41) is 10.8. The van der Waals surface area contributed by atoms with Crippen LogP contribution in [-0.2, 0) is 11.3 Å². The standard InChI is InChI=1S/C23H18N4O3/c28-23(14-11-18-9-12-20(13-10-18)27(29)30)26(19-6-2-1-3-7-19)17-21-16-24-22-8-4-5-15-25(21)22/h1-16H,17H2/b14-11+. The fraction of sp³-hybridized carbons (Fsp3) is 0.0435. The molecule has 2 aromatic heterocycles. The van der Waals surface area contributed by atoms with Crippen molar-refractivity contribution in [1.82, 2.24) is 9.38 Å². The minimum atomic E-state index is -0.453. The lowest BCUT2D eigenvalue weighted by Gasteiger charge is -2.21. The minimum Gasteiger partial charge on any atom is -0.303 e. The van der Waals surface area contributed by atoms with Crippen molar-refractivity contribution < 1.29 is 9.72 Å². The Bertz CT molecular complexity index is 1210. The van der Waals surface area contributed by atoms with Gasteiger partial charge in [0.1, 0.15) is 5.65 Å². The van der Waals surface area contributed by atoms with Crippen LogP contribution in [0.2, 0.25) is 0 Å². The van der Waals surface area contributed by atoms with Gasteiger partial charge in [-0.3, -0.25) is 14.9 Å². The van der Waals surface area contributed by atoms with Gasteiger partial charge in [0.15, 0.2) is 0 Å². The van der Waals surface area contributed by atoms with Gasteiger partial charge in [0.25, 0.3) is 11.6 Å². The Balaban J connectivity index is 1.61. The van der Waals surface area contributed by atoms with Gasteiger partial charge in [-0.15, -0.1) is 0 Å². The third kappa shape index (κ3) is 4.10. The van der Waals surface area contributed by atoms with Crippen LogP contribution in [0.3, 0.4) is 0 Å². The first kappa shape index (κ1) is 19.1. The fourth-order valence-corrected chi connectivity index (χ4v) is 3.13. The summed E-state index contributed by atoms with van der Waals surface area (Å²) in [6.07, 6.45) is 6.80. The number of imidazole rings is 1. The monoisotopic (exact) mass is 398 g/mol. The van der Waals surface area contributed by atoms with Gasteiger partial charge >= 0.3 is 0 Å². The Hall–Kier alpha value is -4.26. The van der Waals surface area contributed by atoms with Gasteiger partial charge in [0.05, 0.1) is 23.4 Å². The first-order valence-electron chi connectivity index (χ1n) is 9.32. The second-order valence-corrected chi connectivity index (χ2v) is 6.62. The molecule has 1 amide bonds. The summed E-state index contributed by atoms with van der Waals surface area (Å²) in [5.41, 5.74) is 3.18. The van der Waals surface area contributed by atoms with Gasteiger partial charge in [0, 0.05) is 30.1 Å². The molecule has 0 fully saturated rings. The first-order valence-corrected chi connectivity index (χ1v) is 9.32. The lowest BCUT2D eigenvalue weighted by molar-refractivity contribution is -0.384. The molecule has 0 aliphatic rings. The summed E-state index contributed by atoms with van der Waals surface area (Å²) in [5.74, 6) is -0.203. The molecule has 7 nitrogen and oxygen atoms in total. The molecule has 0 spiro atoms. The molecular formula is C23H18N4O3. The van der Waals surface area contributed by atoms with E-state index in [4.69, 9.17) is 0 Å². The van der Waals surface area contributed by atoms with Gasteiger partial charge in [-0.2, -0.15) is 0 Å². The van der Waals surface area contributed by atoms with E-state index in [0.717, 1.165) is 17.0 Å². The van der Waals surface area contributed by atoms with Crippen LogP contribution < -0.4 is 4.90 Å². The van der Waals surface area contributed by atoms with E-state index in [0.29, 0.717) is 12.1 Å². The molecule has 7 heteroatoms. The number of nitro benzene ring substituents is 1. The molecule has 2 heterocycles. The van der Waals surface area contributed by atoms with Gasteiger partial charge in [0.2, 0.25) is 0 Å². The number of carbonyl (C=O) groups excluding carboxylic acids is 1. The van der Waals surface area contributed by atoms with Crippen molar-refractivity contribution in [3.63, 3.8) is 0 Å². The normalized spacial score (nSPS) is 11.1. The van der Waals surface area contributed by atoms with E-state index in [2.05, 4.69) is 4.98 Å². The van der Waals surface area contributed by atoms with Crippen LogP contribution in [0.1, 0.15) is 11.3 Å². The highest BCUT2D eigenvalue weighted by Crippen LogP contribution is 2.19. The zero-order chi connectivity index (χ0) is 20.9. The Morgan fingerprint density at radius 2 is 1.77 bits per heavy atom. The maximum absolute atomic E-state index is 13.1. The topological polar surface area (TPSA) is 80.8 Å². The second kappa shape index (κ2) is 8.40. The molecule has 0 saturated carbocycles. The SMILES string of the molecule is O=C(/C=C/c1ccc([N+](=O)[O-])cc1)N(Cc1cnc2ccccn12)c1ccccc1. The van der Waals surface area contributed by atoms with Crippen molar-refractivity contribution in [3.8, 4) is 0 Å². The lowest BCUT2D eigenvalue weighted by Crippen LogP contribution is -2.29. The molecule has 4 aromatic rings. The third-order valence-corrected chi connectivity index (χ3v) is 4.67. The molecule has 0 unspecified atom stereocenters. The Morgan fingerprint density at radius 1 is 1.03 bits per heavy atom. The molecular weight excluding hydrogens is 380 g/mol. The van der Waals surface area contributed by atoms with Crippen LogP contribution in [0.4, 0.5) is 11.4 Å². The van der Waals surface area contributed by atoms with Crippen molar-refractivity contribution in [1.29, 1.82) is 0 Å². The van der Waals surface area contributed by atoms with E-state index in [-0.39, 0.29) is 11.6 Å². The van der Waals surface area contributed by atoms with Crippen LogP contribution in [0.5, 0.6) is 0 Å². The van der Waals surface area contributed by atoms with Gasteiger partial charge in [-0.25, -0.2) is 4.98 Å². The number of hydrogen-bond acceptors (Lipinski definition) is 4. The number of pyridine rings is 1. The number of non-ortho nitro benzene ring substituents is 1. The largest absolute Gasteiger partial charge is 0.303 e. The van der Waals surface area contributed by atoms with Crippen LogP contribution in [0, 0.1) is 10.1 Å². The maximum atomic E-state index is 13.1. The minimum absolute atomic E-state index is 0.0111. The summed E-state index contributed by atoms with van der Waals surface area (Å²) < 4.78 is 1.95. The average Bonchev–Trinajstić information content (AvgIpc) is 3.19. The maximum Gasteiger partial charge on any atom is 0.269 e. The first-order chi connectivity index (χ1) is 14.6. The number of rotatable bonds is 6. The lowest BCUT2D eigenvalue weighted by atomic mass is 10.2. The predicted octanol–water partition coefficient (Wildman–Crippen LogP) is 4.49. The van der Waals surface area contributed by atoms with E-state index in [1.807, 2.05) is 59.1 Å². The number of nitrogens with zero attached hydrogens (tertiary/aromatic N) is 4. The number of nitro groups is 1. The summed E-state index contributed by atoms with van der Waals surface area (Å²) >= 11 is 0. The molecule has 0 N–H and O–H groups in total. The number of carbonyl (C=O) groups is 1. The van der Waals surface area contributed by atoms with Crippen molar-refractivity contribution in [2.24, 2.45) is 0 Å². The summed E-state index contributed by atoms with van der Waals surface area (Å²) in [6, 6.07) is 21.2. The summed E-state index contributed by atoms with van der Waals surface area (Å²) in [7, 11) is 0. The zero-order valence-corrected chi connectivity index (χ0v) is 16.0. The van der Waals surface area contributed by atoms with Gasteiger partial charge in [-0.05, 0) is 48.0 Å². The molecule has 0 bridgehead atoms. The van der Waals surface area contributed by atoms with Gasteiger partial charge < -0.3 is 9.30 Å². The van der Waals surface area contributed by atoms with Crippen molar-refractivity contribution in [2.45, 2.75) is 6.54 Å². The van der Waals surface area contributed by atoms with Gasteiger partial charge in [-0.1, -0.05) is 24.3 Å². The smallest absolute Gasteiger partial charge is 0.269 e. The Kier molecular flexibility index (Phi) is 5.34. The van der Waals surface area contributed by atoms with Crippen LogP contribution >= 0.6 is 0 Å². The third-order valence-electron chi connectivity index (χ3n) is 4.67. The van der Waals surface area contributed by atoms with E-state index in [9.17, 15) is 14.9 Å². The number of anilines is 1. The van der Waals surface area contributed by atoms with Crippen molar-refractivity contribution in [2.75, 3.05) is 4.90 Å². The molecule has 0 atom stereocenters. The number of amides is 1. The highest BCUT2D eigenvalue weighted by molar-refractivity contribution is 6.03. The Morgan fingerprint density at radius 3 is 2.50 bits per heavy atom. The molecule has 2 aromatic carbocycles. The van der Waals surface area contributed by atoms with Crippen LogP contribution in [0.25, 0.3) is 11.7 Å². The number of hydrogen-bond donors (Lipinski definition) is 0. The molecule has 0 aliphatic heterocycles. The van der Waals surface area contributed by atoms with Crippen molar-refractivity contribution in [3.05, 3.63) is 113 Å². The molecule has 30 heavy (non-hydrogen) atoms. The molecule has 148 valence electrons. The Labute approximate surface area is 172 Å². The number of para-hydroxylation sites is 1. The molecule has 4 rings (SSSR count). The van der Waals surface area contributed by atoms with E-state index >= 15 is 0 Å². The zero-order valence-electron chi connectivity index (χ0n) is 16.0. The van der Waals surface area contributed by atoms with E-state index in [1.54, 1.807) is 29.3 Å². The molecule has 0 aliphatic carbocycles. The number of benzene rings is 2. The van der Waals surface area contributed by atoms with Crippen LogP contribution in [-0.4, -0.2) is 20.2 Å². The van der Waals surface area contributed by atoms with Crippen LogP contribution in [0.15, 0.2) is 91.3 Å².